The van der Waals surface area contributed by atoms with Crippen molar-refractivity contribution in [3.05, 3.63) is 77.4 Å². The number of ether oxygens (including phenoxy) is 2. The van der Waals surface area contributed by atoms with Crippen molar-refractivity contribution in [3.8, 4) is 11.5 Å². The van der Waals surface area contributed by atoms with Gasteiger partial charge in [-0.2, -0.15) is 0 Å². The highest BCUT2D eigenvalue weighted by molar-refractivity contribution is 6.16. The molecule has 1 aliphatic carbocycles. The number of fused-ring (bicyclic) bond motifs is 1. The second-order valence-corrected chi connectivity index (χ2v) is 6.29. The van der Waals surface area contributed by atoms with Crippen LogP contribution in [0.5, 0.6) is 11.5 Å². The molecule has 0 aromatic heterocycles. The van der Waals surface area contributed by atoms with Crippen LogP contribution in [-0.4, -0.2) is 38.2 Å². The highest BCUT2D eigenvalue weighted by Gasteiger charge is 2.15. The molecule has 140 valence electrons. The molecule has 0 spiro atoms. The molecule has 0 saturated carbocycles. The molecule has 0 fully saturated rings. The quantitative estimate of drug-likeness (QED) is 0.652. The number of benzene rings is 2. The van der Waals surface area contributed by atoms with Crippen molar-refractivity contribution in [2.24, 2.45) is 0 Å². The zero-order chi connectivity index (χ0) is 19.1. The van der Waals surface area contributed by atoms with Crippen molar-refractivity contribution in [1.82, 2.24) is 10.4 Å². The van der Waals surface area contributed by atoms with Crippen LogP contribution < -0.4 is 14.9 Å². The standard InChI is InChI=1S/C12H8O3.C10H16N2/c13-10-3-2-9(10)5-8-1-4-11-12(6-8)15-7-14-11;1-11-12(2)9-8-10-6-4-3-5-7-10/h1-6H,7H2;3-7,11H,8-9H2,1-2H3. The zero-order valence-electron chi connectivity index (χ0n) is 15.6. The fraction of sp³-hybridized carbons (Fsp3) is 0.227. The van der Waals surface area contributed by atoms with Crippen molar-refractivity contribution < 1.29 is 14.3 Å². The Morgan fingerprint density at radius 3 is 2.52 bits per heavy atom. The van der Waals surface area contributed by atoms with Crippen molar-refractivity contribution in [3.63, 3.8) is 0 Å². The number of nitrogens with zero attached hydrogens (tertiary/aromatic N) is 1. The molecule has 0 atom stereocenters. The van der Waals surface area contributed by atoms with Crippen molar-refractivity contribution in [1.29, 1.82) is 0 Å². The number of allylic oxidation sites excluding steroid dienone is 3. The largest absolute Gasteiger partial charge is 0.454 e. The highest BCUT2D eigenvalue weighted by atomic mass is 16.7. The Morgan fingerprint density at radius 1 is 1.07 bits per heavy atom. The number of hydrogen-bond donors (Lipinski definition) is 1. The molecule has 0 unspecified atom stereocenters. The third-order valence-corrected chi connectivity index (χ3v) is 4.38. The lowest BCUT2D eigenvalue weighted by Gasteiger charge is -2.14. The summed E-state index contributed by atoms with van der Waals surface area (Å²) in [5.74, 6) is 1.57. The van der Waals surface area contributed by atoms with Crippen LogP contribution in [0.3, 0.4) is 0 Å². The van der Waals surface area contributed by atoms with Gasteiger partial charge in [0.25, 0.3) is 0 Å². The Labute approximate surface area is 159 Å². The van der Waals surface area contributed by atoms with Crippen molar-refractivity contribution in [2.45, 2.75) is 6.42 Å². The summed E-state index contributed by atoms with van der Waals surface area (Å²) in [7, 11) is 3.98. The Balaban J connectivity index is 0.000000161. The third-order valence-electron chi connectivity index (χ3n) is 4.38. The predicted molar refractivity (Wildman–Crippen MR) is 107 cm³/mol. The molecule has 5 heteroatoms. The average Bonchev–Trinajstić information content (AvgIpc) is 3.18. The van der Waals surface area contributed by atoms with Crippen LogP contribution >= 0.6 is 0 Å². The molecule has 5 nitrogen and oxygen atoms in total. The van der Waals surface area contributed by atoms with Crippen LogP contribution in [0.15, 0.2) is 66.3 Å². The fourth-order valence-corrected chi connectivity index (χ4v) is 2.60. The molecular formula is C22H24N2O3. The van der Waals surface area contributed by atoms with Gasteiger partial charge in [0.2, 0.25) is 6.79 Å². The first-order valence-corrected chi connectivity index (χ1v) is 8.92. The van der Waals surface area contributed by atoms with Gasteiger partial charge in [-0.05, 0) is 55.0 Å². The molecular weight excluding hydrogens is 340 g/mol. The van der Waals surface area contributed by atoms with E-state index in [1.807, 2.05) is 44.4 Å². The average molecular weight is 364 g/mol. The molecule has 0 bridgehead atoms. The predicted octanol–water partition coefficient (Wildman–Crippen LogP) is 3.23. The van der Waals surface area contributed by atoms with E-state index >= 15 is 0 Å². The molecule has 1 N–H and O–H groups in total. The lowest BCUT2D eigenvalue weighted by atomic mass is 9.98. The topological polar surface area (TPSA) is 50.8 Å². The number of rotatable bonds is 5. The van der Waals surface area contributed by atoms with Crippen molar-refractivity contribution >= 4 is 11.9 Å². The number of likely N-dealkylation sites (N-methyl/N-ethyl adjacent to an activating group) is 1. The second-order valence-electron chi connectivity index (χ2n) is 6.29. The maximum Gasteiger partial charge on any atom is 0.231 e. The molecule has 27 heavy (non-hydrogen) atoms. The Hall–Kier alpha value is -2.89. The molecule has 0 amide bonds. The van der Waals surface area contributed by atoms with Gasteiger partial charge in [0, 0.05) is 19.2 Å². The first-order chi connectivity index (χ1) is 13.2. The van der Waals surface area contributed by atoms with Crippen LogP contribution in [0.2, 0.25) is 0 Å². The van der Waals surface area contributed by atoms with Crippen LogP contribution in [0.1, 0.15) is 11.1 Å². The van der Waals surface area contributed by atoms with E-state index in [1.54, 1.807) is 12.2 Å². The van der Waals surface area contributed by atoms with Crippen LogP contribution in [-0.2, 0) is 11.2 Å². The Bertz CT molecular complexity index is 844. The number of ketones is 1. The van der Waals surface area contributed by atoms with Crippen LogP contribution in [0.25, 0.3) is 6.08 Å². The lowest BCUT2D eigenvalue weighted by molar-refractivity contribution is -0.111. The van der Waals surface area contributed by atoms with Gasteiger partial charge in [-0.3, -0.25) is 10.2 Å². The van der Waals surface area contributed by atoms with Gasteiger partial charge in [-0.15, -0.1) is 0 Å². The summed E-state index contributed by atoms with van der Waals surface area (Å²) >= 11 is 0. The third kappa shape index (κ3) is 5.29. The maximum absolute atomic E-state index is 11.1. The minimum absolute atomic E-state index is 0.0765. The molecule has 1 aliphatic heterocycles. The fourth-order valence-electron chi connectivity index (χ4n) is 2.60. The molecule has 2 aliphatic rings. The minimum Gasteiger partial charge on any atom is -0.454 e. The Morgan fingerprint density at radius 2 is 1.85 bits per heavy atom. The smallest absolute Gasteiger partial charge is 0.231 e. The first-order valence-electron chi connectivity index (χ1n) is 8.92. The number of carbonyl (C=O) groups is 1. The first kappa shape index (κ1) is 18.9. The summed E-state index contributed by atoms with van der Waals surface area (Å²) in [5.41, 5.74) is 6.14. The van der Waals surface area contributed by atoms with E-state index in [9.17, 15) is 4.79 Å². The van der Waals surface area contributed by atoms with E-state index < -0.39 is 0 Å². The van der Waals surface area contributed by atoms with E-state index in [2.05, 4.69) is 34.7 Å². The van der Waals surface area contributed by atoms with E-state index in [0.29, 0.717) is 0 Å². The zero-order valence-corrected chi connectivity index (χ0v) is 15.6. The monoisotopic (exact) mass is 364 g/mol. The summed E-state index contributed by atoms with van der Waals surface area (Å²) in [6.07, 6.45) is 6.29. The van der Waals surface area contributed by atoms with Crippen LogP contribution in [0.4, 0.5) is 0 Å². The molecule has 4 rings (SSSR count). The maximum atomic E-state index is 11.1. The Kier molecular flexibility index (Phi) is 6.41. The molecule has 0 saturated heterocycles. The summed E-state index contributed by atoms with van der Waals surface area (Å²) < 4.78 is 10.4. The summed E-state index contributed by atoms with van der Waals surface area (Å²) in [4.78, 5) is 11.1. The number of nitrogens with one attached hydrogen (secondary N) is 1. The summed E-state index contributed by atoms with van der Waals surface area (Å²) in [6, 6.07) is 16.1. The van der Waals surface area contributed by atoms with Gasteiger partial charge in [-0.1, -0.05) is 36.4 Å². The minimum atomic E-state index is 0.0765. The summed E-state index contributed by atoms with van der Waals surface area (Å²) in [5, 5.41) is 2.08. The molecule has 2 aromatic carbocycles. The van der Waals surface area contributed by atoms with E-state index in [4.69, 9.17) is 9.47 Å². The van der Waals surface area contributed by atoms with Gasteiger partial charge < -0.3 is 9.47 Å². The normalized spacial score (nSPS) is 15.5. The number of hydrazine groups is 1. The number of hydrogen-bond acceptors (Lipinski definition) is 5. The van der Waals surface area contributed by atoms with Gasteiger partial charge in [0.1, 0.15) is 0 Å². The molecule has 1 heterocycles. The molecule has 0 radical (unpaired) electrons. The second kappa shape index (κ2) is 9.16. The number of carbonyl (C=O) groups excluding carboxylic acids is 1. The summed E-state index contributed by atoms with van der Waals surface area (Å²) in [6.45, 7) is 1.31. The lowest BCUT2D eigenvalue weighted by Crippen LogP contribution is -2.32. The van der Waals surface area contributed by atoms with Crippen LogP contribution in [0, 0.1) is 0 Å². The van der Waals surface area contributed by atoms with E-state index in [-0.39, 0.29) is 12.6 Å². The van der Waals surface area contributed by atoms with Gasteiger partial charge >= 0.3 is 0 Å². The highest BCUT2D eigenvalue weighted by Crippen LogP contribution is 2.33. The van der Waals surface area contributed by atoms with Gasteiger partial charge in [0.15, 0.2) is 17.3 Å². The molecule has 2 aromatic rings. The van der Waals surface area contributed by atoms with Gasteiger partial charge in [-0.25, -0.2) is 5.01 Å². The van der Waals surface area contributed by atoms with E-state index in [0.717, 1.165) is 35.6 Å². The van der Waals surface area contributed by atoms with Crippen molar-refractivity contribution in [2.75, 3.05) is 27.4 Å². The SMILES string of the molecule is CNN(C)CCc1ccccc1.O=C1C=CC1=Cc1ccc2c(c1)OCO2. The van der Waals surface area contributed by atoms with Gasteiger partial charge in [0.05, 0.1) is 0 Å². The van der Waals surface area contributed by atoms with E-state index in [1.165, 1.54) is 5.56 Å².